The summed E-state index contributed by atoms with van der Waals surface area (Å²) in [5, 5.41) is 15.3. The first kappa shape index (κ1) is 28.2. The molecule has 10 aromatic carbocycles. The van der Waals surface area contributed by atoms with Crippen LogP contribution in [0, 0.1) is 0 Å². The lowest BCUT2D eigenvalue weighted by Gasteiger charge is -2.18. The van der Waals surface area contributed by atoms with Gasteiger partial charge in [-0.3, -0.25) is 0 Å². The van der Waals surface area contributed by atoms with E-state index >= 15 is 0 Å². The second-order valence-electron chi connectivity index (χ2n) is 13.6. The van der Waals surface area contributed by atoms with Crippen molar-refractivity contribution in [3.63, 3.8) is 0 Å². The molecule has 0 saturated heterocycles. The molecule has 0 amide bonds. The lowest BCUT2D eigenvalue weighted by atomic mass is 9.85. The van der Waals surface area contributed by atoms with Crippen molar-refractivity contribution in [1.29, 1.82) is 0 Å². The highest BCUT2D eigenvalue weighted by Crippen LogP contribution is 2.45. The lowest BCUT2D eigenvalue weighted by molar-refractivity contribution is 0.669. The summed E-state index contributed by atoms with van der Waals surface area (Å²) in [7, 11) is 0. The van der Waals surface area contributed by atoms with E-state index in [9.17, 15) is 0 Å². The van der Waals surface area contributed by atoms with Gasteiger partial charge in [-0.1, -0.05) is 158 Å². The minimum Gasteiger partial charge on any atom is -0.456 e. The van der Waals surface area contributed by atoms with Crippen molar-refractivity contribution in [2.75, 3.05) is 0 Å². The highest BCUT2D eigenvalue weighted by molar-refractivity contribution is 6.39. The zero-order chi connectivity index (χ0) is 33.5. The maximum atomic E-state index is 6.19. The van der Waals surface area contributed by atoms with E-state index in [1.54, 1.807) is 0 Å². The van der Waals surface area contributed by atoms with Crippen LogP contribution in [-0.4, -0.2) is 0 Å². The molecule has 1 nitrogen and oxygen atoms in total. The van der Waals surface area contributed by atoms with Crippen LogP contribution in [0.25, 0.3) is 109 Å². The summed E-state index contributed by atoms with van der Waals surface area (Å²) in [6.07, 6.45) is 0. The molecule has 236 valence electrons. The number of hydrogen-bond donors (Lipinski definition) is 0. The van der Waals surface area contributed by atoms with E-state index in [0.717, 1.165) is 16.6 Å². The Kier molecular flexibility index (Phi) is 6.02. The minimum atomic E-state index is 0.920. The van der Waals surface area contributed by atoms with Crippen LogP contribution in [0.4, 0.5) is 0 Å². The number of fused-ring (bicyclic) bond motifs is 14. The van der Waals surface area contributed by atoms with Gasteiger partial charge in [0.05, 0.1) is 0 Å². The molecular formula is C50H30O. The summed E-state index contributed by atoms with van der Waals surface area (Å²) in [5.74, 6) is 0. The predicted octanol–water partition coefficient (Wildman–Crippen LogP) is 14.4. The molecular weight excluding hydrogens is 617 g/mol. The second kappa shape index (κ2) is 10.9. The monoisotopic (exact) mass is 646 g/mol. The van der Waals surface area contributed by atoms with Crippen LogP contribution in [-0.2, 0) is 0 Å². The Bertz CT molecular complexity index is 3170. The average Bonchev–Trinajstić information content (AvgIpc) is 3.60. The molecule has 11 rings (SSSR count). The number of rotatable bonds is 3. The van der Waals surface area contributed by atoms with Gasteiger partial charge in [-0.25, -0.2) is 0 Å². The molecule has 1 heteroatoms. The van der Waals surface area contributed by atoms with Gasteiger partial charge < -0.3 is 4.42 Å². The van der Waals surface area contributed by atoms with Crippen molar-refractivity contribution in [2.45, 2.75) is 0 Å². The Labute approximate surface area is 294 Å². The van der Waals surface area contributed by atoms with Gasteiger partial charge in [-0.05, 0) is 112 Å². The van der Waals surface area contributed by atoms with Crippen LogP contribution < -0.4 is 0 Å². The van der Waals surface area contributed by atoms with E-state index in [2.05, 4.69) is 170 Å². The predicted molar refractivity (Wildman–Crippen MR) is 218 cm³/mol. The van der Waals surface area contributed by atoms with Gasteiger partial charge in [0, 0.05) is 10.8 Å². The quantitative estimate of drug-likeness (QED) is 0.174. The summed E-state index contributed by atoms with van der Waals surface area (Å²) < 4.78 is 6.19. The zero-order valence-corrected chi connectivity index (χ0v) is 27.7. The average molecular weight is 647 g/mol. The molecule has 0 bridgehead atoms. The van der Waals surface area contributed by atoms with E-state index < -0.39 is 0 Å². The summed E-state index contributed by atoms with van der Waals surface area (Å²) in [5.41, 5.74) is 9.10. The van der Waals surface area contributed by atoms with Gasteiger partial charge >= 0.3 is 0 Å². The minimum absolute atomic E-state index is 0.920. The van der Waals surface area contributed by atoms with Crippen LogP contribution in [0.5, 0.6) is 0 Å². The number of furan rings is 1. The van der Waals surface area contributed by atoms with Crippen molar-refractivity contribution >= 4 is 75.8 Å². The Morgan fingerprint density at radius 3 is 1.31 bits per heavy atom. The normalized spacial score (nSPS) is 11.9. The van der Waals surface area contributed by atoms with Crippen LogP contribution in [0.1, 0.15) is 0 Å². The highest BCUT2D eigenvalue weighted by Gasteiger charge is 2.17. The van der Waals surface area contributed by atoms with Crippen molar-refractivity contribution in [2.24, 2.45) is 0 Å². The van der Waals surface area contributed by atoms with E-state index in [1.165, 1.54) is 92.6 Å². The molecule has 11 aromatic rings. The van der Waals surface area contributed by atoms with E-state index in [1.807, 2.05) is 12.1 Å². The Morgan fingerprint density at radius 1 is 0.235 bits per heavy atom. The van der Waals surface area contributed by atoms with Crippen molar-refractivity contribution in [3.8, 4) is 33.4 Å². The van der Waals surface area contributed by atoms with Crippen LogP contribution in [0.3, 0.4) is 0 Å². The Hall–Kier alpha value is -6.70. The summed E-state index contributed by atoms with van der Waals surface area (Å²) in [4.78, 5) is 0. The maximum absolute atomic E-state index is 6.19. The number of benzene rings is 10. The maximum Gasteiger partial charge on any atom is 0.136 e. The standard InChI is InChI=1S/C50H30O/c1-2-11-31(12-3-1)34-25-27-41-44(29-34)37-13-4-6-15-39(37)50-42-28-26-35(30-45(42)38-14-5-7-16-40(38)49(41)50)32-21-23-33(24-22-32)36-18-10-20-47-48(36)43-17-8-9-19-46(43)51-47/h1-30H. The third-order valence-electron chi connectivity index (χ3n) is 10.8. The molecule has 0 radical (unpaired) electrons. The molecule has 0 fully saturated rings. The number of para-hydroxylation sites is 1. The van der Waals surface area contributed by atoms with Gasteiger partial charge in [0.2, 0.25) is 0 Å². The fourth-order valence-corrected chi connectivity index (χ4v) is 8.52. The second-order valence-corrected chi connectivity index (χ2v) is 13.6. The smallest absolute Gasteiger partial charge is 0.136 e. The fraction of sp³-hybridized carbons (Fsp3) is 0. The van der Waals surface area contributed by atoms with E-state index in [4.69, 9.17) is 4.42 Å². The summed E-state index contributed by atoms with van der Waals surface area (Å²) in [6, 6.07) is 66.3. The third-order valence-corrected chi connectivity index (χ3v) is 10.8. The molecule has 1 aromatic heterocycles. The molecule has 0 aliphatic heterocycles. The molecule has 51 heavy (non-hydrogen) atoms. The molecule has 0 spiro atoms. The molecule has 0 aliphatic rings. The molecule has 0 N–H and O–H groups in total. The van der Waals surface area contributed by atoms with Gasteiger partial charge in [0.25, 0.3) is 0 Å². The van der Waals surface area contributed by atoms with Crippen molar-refractivity contribution in [1.82, 2.24) is 0 Å². The van der Waals surface area contributed by atoms with Crippen LogP contribution in [0.15, 0.2) is 186 Å². The Morgan fingerprint density at radius 2 is 0.686 bits per heavy atom. The summed E-state index contributed by atoms with van der Waals surface area (Å²) in [6.45, 7) is 0. The van der Waals surface area contributed by atoms with E-state index in [0.29, 0.717) is 0 Å². The SMILES string of the molecule is c1ccc(-c2ccc3c(c2)c2ccccc2c2c4ccc(-c5ccc(-c6cccc7oc8ccccc8c67)cc5)cc4c4ccccc4c32)cc1. The van der Waals surface area contributed by atoms with Crippen molar-refractivity contribution in [3.05, 3.63) is 182 Å². The van der Waals surface area contributed by atoms with Gasteiger partial charge in [0.1, 0.15) is 11.2 Å². The highest BCUT2D eigenvalue weighted by atomic mass is 16.3. The third kappa shape index (κ3) is 4.22. The van der Waals surface area contributed by atoms with Gasteiger partial charge in [-0.15, -0.1) is 0 Å². The first-order valence-corrected chi connectivity index (χ1v) is 17.6. The fourth-order valence-electron chi connectivity index (χ4n) is 8.52. The topological polar surface area (TPSA) is 13.1 Å². The molecule has 0 saturated carbocycles. The zero-order valence-electron chi connectivity index (χ0n) is 27.7. The van der Waals surface area contributed by atoms with Gasteiger partial charge in [-0.2, -0.15) is 0 Å². The van der Waals surface area contributed by atoms with Crippen molar-refractivity contribution < 1.29 is 4.42 Å². The molecule has 0 atom stereocenters. The number of hydrogen-bond acceptors (Lipinski definition) is 1. The molecule has 1 heterocycles. The summed E-state index contributed by atoms with van der Waals surface area (Å²) >= 11 is 0. The van der Waals surface area contributed by atoms with Gasteiger partial charge in [0.15, 0.2) is 0 Å². The Balaban J connectivity index is 1.12. The van der Waals surface area contributed by atoms with Crippen LogP contribution in [0.2, 0.25) is 0 Å². The molecule has 0 unspecified atom stereocenters. The first-order chi connectivity index (χ1) is 25.3. The first-order valence-electron chi connectivity index (χ1n) is 17.6. The molecule has 0 aliphatic carbocycles. The van der Waals surface area contributed by atoms with Crippen LogP contribution >= 0.6 is 0 Å². The lowest BCUT2D eigenvalue weighted by Crippen LogP contribution is -1.90. The largest absolute Gasteiger partial charge is 0.456 e. The van der Waals surface area contributed by atoms with E-state index in [-0.39, 0.29) is 0 Å².